The zero-order valence-corrected chi connectivity index (χ0v) is 15.3. The zero-order valence-electron chi connectivity index (χ0n) is 15.3. The molecule has 3 rings (SSSR count). The lowest BCUT2D eigenvalue weighted by molar-refractivity contribution is 0.131. The van der Waals surface area contributed by atoms with Gasteiger partial charge in [-0.1, -0.05) is 19.8 Å². The van der Waals surface area contributed by atoms with E-state index in [2.05, 4.69) is 37.3 Å². The van der Waals surface area contributed by atoms with E-state index in [0.29, 0.717) is 5.41 Å². The molecule has 1 aliphatic heterocycles. The number of nitrogens with zero attached hydrogens (tertiary/aromatic N) is 4. The molecule has 2 N–H and O–H groups in total. The maximum atomic E-state index is 4.40. The summed E-state index contributed by atoms with van der Waals surface area (Å²) in [6, 6.07) is 0. The molecule has 1 aromatic heterocycles. The average molecular weight is 332 g/mol. The smallest absolute Gasteiger partial charge is 0.191 e. The number of fused-ring (bicyclic) bond motifs is 1. The van der Waals surface area contributed by atoms with Gasteiger partial charge in [-0.3, -0.25) is 4.99 Å². The highest BCUT2D eigenvalue weighted by atomic mass is 15.3. The fourth-order valence-corrected chi connectivity index (χ4v) is 3.85. The molecule has 2 heterocycles. The second-order valence-corrected chi connectivity index (χ2v) is 7.30. The van der Waals surface area contributed by atoms with Crippen LogP contribution in [0.25, 0.3) is 0 Å². The third-order valence-corrected chi connectivity index (χ3v) is 5.85. The first-order valence-electron chi connectivity index (χ1n) is 9.62. The summed E-state index contributed by atoms with van der Waals surface area (Å²) in [7, 11) is 1.85. The first kappa shape index (κ1) is 17.2. The Morgan fingerprint density at radius 2 is 2.04 bits per heavy atom. The first-order valence-corrected chi connectivity index (χ1v) is 9.62. The molecule has 0 spiro atoms. The van der Waals surface area contributed by atoms with Crippen LogP contribution in [-0.2, 0) is 19.4 Å². The Labute approximate surface area is 145 Å². The van der Waals surface area contributed by atoms with Crippen LogP contribution in [0.1, 0.15) is 63.5 Å². The van der Waals surface area contributed by atoms with Crippen molar-refractivity contribution < 1.29 is 0 Å². The molecule has 1 aliphatic carbocycles. The van der Waals surface area contributed by atoms with Gasteiger partial charge in [0.25, 0.3) is 0 Å². The Kier molecular flexibility index (Phi) is 5.74. The molecule has 1 fully saturated rings. The summed E-state index contributed by atoms with van der Waals surface area (Å²) in [4.78, 5) is 4.36. The van der Waals surface area contributed by atoms with E-state index in [1.54, 1.807) is 0 Å². The highest BCUT2D eigenvalue weighted by Crippen LogP contribution is 2.42. The summed E-state index contributed by atoms with van der Waals surface area (Å²) >= 11 is 0. The molecule has 0 aromatic carbocycles. The van der Waals surface area contributed by atoms with Crippen LogP contribution in [0.2, 0.25) is 0 Å². The number of nitrogens with one attached hydrogen (secondary N) is 2. The zero-order chi connectivity index (χ0) is 16.8. The molecule has 6 nitrogen and oxygen atoms in total. The second-order valence-electron chi connectivity index (χ2n) is 7.30. The summed E-state index contributed by atoms with van der Waals surface area (Å²) in [5, 5.41) is 15.7. The number of guanidine groups is 1. The molecule has 1 aromatic rings. The van der Waals surface area contributed by atoms with Crippen molar-refractivity contribution in [1.29, 1.82) is 0 Å². The van der Waals surface area contributed by atoms with Crippen molar-refractivity contribution in [3.8, 4) is 0 Å². The first-order chi connectivity index (χ1) is 11.8. The van der Waals surface area contributed by atoms with Crippen LogP contribution < -0.4 is 10.6 Å². The second kappa shape index (κ2) is 7.99. The molecule has 0 radical (unpaired) electrons. The molecule has 24 heavy (non-hydrogen) atoms. The molecule has 0 saturated heterocycles. The minimum absolute atomic E-state index is 0.502. The highest BCUT2D eigenvalue weighted by Gasteiger charge is 2.34. The van der Waals surface area contributed by atoms with Crippen molar-refractivity contribution >= 4 is 5.96 Å². The fourth-order valence-electron chi connectivity index (χ4n) is 3.85. The van der Waals surface area contributed by atoms with Gasteiger partial charge in [0.1, 0.15) is 11.6 Å². The third-order valence-electron chi connectivity index (χ3n) is 5.85. The van der Waals surface area contributed by atoms with Crippen LogP contribution in [0.15, 0.2) is 4.99 Å². The number of hydrogen-bond acceptors (Lipinski definition) is 3. The molecule has 0 bridgehead atoms. The van der Waals surface area contributed by atoms with Gasteiger partial charge >= 0.3 is 0 Å². The van der Waals surface area contributed by atoms with Gasteiger partial charge in [-0.15, -0.1) is 10.2 Å². The SMILES string of the molecule is CCC1(CNC(=NC)NCCc2nnc3n2CCCCC3)CCC1. The summed E-state index contributed by atoms with van der Waals surface area (Å²) in [6.07, 6.45) is 11.1. The molecular weight excluding hydrogens is 300 g/mol. The quantitative estimate of drug-likeness (QED) is 0.619. The van der Waals surface area contributed by atoms with Crippen LogP contribution in [0, 0.1) is 5.41 Å². The van der Waals surface area contributed by atoms with Crippen molar-refractivity contribution in [2.24, 2.45) is 10.4 Å². The van der Waals surface area contributed by atoms with Crippen molar-refractivity contribution in [3.63, 3.8) is 0 Å². The van der Waals surface area contributed by atoms with Crippen molar-refractivity contribution in [3.05, 3.63) is 11.6 Å². The van der Waals surface area contributed by atoms with E-state index in [1.165, 1.54) is 50.8 Å². The minimum Gasteiger partial charge on any atom is -0.356 e. The Hall–Kier alpha value is -1.59. The predicted octanol–water partition coefficient (Wildman–Crippen LogP) is 2.29. The molecule has 134 valence electrons. The average Bonchev–Trinajstić information content (AvgIpc) is 2.79. The summed E-state index contributed by atoms with van der Waals surface area (Å²) in [5.41, 5.74) is 0.502. The Balaban J connectivity index is 1.46. The van der Waals surface area contributed by atoms with Crippen LogP contribution in [-0.4, -0.2) is 40.9 Å². The number of rotatable bonds is 6. The van der Waals surface area contributed by atoms with Crippen LogP contribution in [0.4, 0.5) is 0 Å². The highest BCUT2D eigenvalue weighted by molar-refractivity contribution is 5.79. The van der Waals surface area contributed by atoms with Crippen molar-refractivity contribution in [2.45, 2.75) is 71.3 Å². The van der Waals surface area contributed by atoms with Gasteiger partial charge in [0.15, 0.2) is 5.96 Å². The van der Waals surface area contributed by atoms with E-state index in [-0.39, 0.29) is 0 Å². The lowest BCUT2D eigenvalue weighted by atomic mass is 9.67. The van der Waals surface area contributed by atoms with Gasteiger partial charge in [0, 0.05) is 39.5 Å². The molecule has 2 aliphatic rings. The van der Waals surface area contributed by atoms with Gasteiger partial charge in [-0.25, -0.2) is 0 Å². The molecule has 6 heteroatoms. The molecule has 0 unspecified atom stereocenters. The van der Waals surface area contributed by atoms with E-state index in [4.69, 9.17) is 0 Å². The summed E-state index contributed by atoms with van der Waals surface area (Å²) in [5.74, 6) is 3.18. The van der Waals surface area contributed by atoms with Crippen LogP contribution in [0.3, 0.4) is 0 Å². The van der Waals surface area contributed by atoms with Crippen molar-refractivity contribution in [1.82, 2.24) is 25.4 Å². The van der Waals surface area contributed by atoms with Crippen LogP contribution >= 0.6 is 0 Å². The monoisotopic (exact) mass is 332 g/mol. The summed E-state index contributed by atoms with van der Waals surface area (Å²) in [6.45, 7) is 5.25. The summed E-state index contributed by atoms with van der Waals surface area (Å²) < 4.78 is 2.32. The predicted molar refractivity (Wildman–Crippen MR) is 97.2 cm³/mol. The fraction of sp³-hybridized carbons (Fsp3) is 0.833. The molecule has 0 amide bonds. The Morgan fingerprint density at radius 1 is 1.17 bits per heavy atom. The lowest BCUT2D eigenvalue weighted by Crippen LogP contribution is -2.46. The number of aryl methyl sites for hydroxylation is 1. The van der Waals surface area contributed by atoms with Gasteiger partial charge in [0.05, 0.1) is 0 Å². The molecular formula is C18H32N6. The molecule has 0 atom stereocenters. The maximum Gasteiger partial charge on any atom is 0.191 e. The third kappa shape index (κ3) is 3.90. The number of hydrogen-bond donors (Lipinski definition) is 2. The van der Waals surface area contributed by atoms with E-state index < -0.39 is 0 Å². The van der Waals surface area contributed by atoms with E-state index in [9.17, 15) is 0 Å². The lowest BCUT2D eigenvalue weighted by Gasteiger charge is -2.41. The van der Waals surface area contributed by atoms with Crippen molar-refractivity contribution in [2.75, 3.05) is 20.1 Å². The number of aliphatic imine (C=N–C) groups is 1. The number of aromatic nitrogens is 3. The maximum absolute atomic E-state index is 4.40. The van der Waals surface area contributed by atoms with Gasteiger partial charge in [0.2, 0.25) is 0 Å². The normalized spacial score (nSPS) is 20.0. The minimum atomic E-state index is 0.502. The van der Waals surface area contributed by atoms with E-state index in [0.717, 1.165) is 44.3 Å². The largest absolute Gasteiger partial charge is 0.356 e. The Bertz CT molecular complexity index is 552. The topological polar surface area (TPSA) is 67.1 Å². The van der Waals surface area contributed by atoms with E-state index >= 15 is 0 Å². The van der Waals surface area contributed by atoms with E-state index in [1.807, 2.05) is 7.05 Å². The Morgan fingerprint density at radius 3 is 2.75 bits per heavy atom. The van der Waals surface area contributed by atoms with Gasteiger partial charge in [-0.2, -0.15) is 0 Å². The van der Waals surface area contributed by atoms with Gasteiger partial charge < -0.3 is 15.2 Å². The van der Waals surface area contributed by atoms with Crippen LogP contribution in [0.5, 0.6) is 0 Å². The molecule has 1 saturated carbocycles. The standard InChI is InChI=1S/C18H32N6/c1-3-18(10-7-11-18)14-21-17(19-2)20-12-9-16-23-22-15-8-5-4-6-13-24(15)16/h3-14H2,1-2H3,(H2,19,20,21). The van der Waals surface area contributed by atoms with Gasteiger partial charge in [-0.05, 0) is 37.5 Å².